The molecule has 1 aliphatic rings. The molecule has 17 heavy (non-hydrogen) atoms. The van der Waals surface area contributed by atoms with Gasteiger partial charge in [0.2, 0.25) is 0 Å². The second kappa shape index (κ2) is 5.09. The van der Waals surface area contributed by atoms with Crippen LogP contribution >= 0.6 is 0 Å². The Morgan fingerprint density at radius 1 is 1.65 bits per heavy atom. The van der Waals surface area contributed by atoms with Crippen LogP contribution in [0, 0.1) is 10.1 Å². The van der Waals surface area contributed by atoms with Gasteiger partial charge in [0.1, 0.15) is 0 Å². The number of hydrogen-bond donors (Lipinski definition) is 1. The van der Waals surface area contributed by atoms with Gasteiger partial charge in [-0.3, -0.25) is 0 Å². The highest BCUT2D eigenvalue weighted by Crippen LogP contribution is 2.16. The normalized spacial score (nSPS) is 19.2. The van der Waals surface area contributed by atoms with E-state index in [1.54, 1.807) is 12.3 Å². The van der Waals surface area contributed by atoms with Crippen molar-refractivity contribution in [1.82, 2.24) is 10.3 Å². The Labute approximate surface area is 99.8 Å². The van der Waals surface area contributed by atoms with Crippen LogP contribution < -0.4 is 10.2 Å². The van der Waals surface area contributed by atoms with Crippen molar-refractivity contribution in [3.63, 3.8) is 0 Å². The highest BCUT2D eigenvalue weighted by Gasteiger charge is 2.17. The van der Waals surface area contributed by atoms with Gasteiger partial charge in [-0.15, -0.1) is 0 Å². The number of hydrogen-bond acceptors (Lipinski definition) is 5. The molecule has 1 aliphatic heterocycles. The highest BCUT2D eigenvalue weighted by atomic mass is 16.6. The molecule has 6 nitrogen and oxygen atoms in total. The van der Waals surface area contributed by atoms with Crippen molar-refractivity contribution in [3.05, 3.63) is 28.4 Å². The largest absolute Gasteiger partial charge is 0.370 e. The fourth-order valence-electron chi connectivity index (χ4n) is 2.06. The van der Waals surface area contributed by atoms with E-state index in [0.717, 1.165) is 18.8 Å². The monoisotopic (exact) mass is 236 g/mol. The SMILES string of the molecule is CN(CC1CCCN1)c1ccc([N+](=O)[O-])nc1. The summed E-state index contributed by atoms with van der Waals surface area (Å²) in [5.41, 5.74) is 0.907. The van der Waals surface area contributed by atoms with E-state index in [4.69, 9.17) is 0 Å². The Hall–Kier alpha value is -1.69. The molecular formula is C11H16N4O2. The minimum absolute atomic E-state index is 0.110. The van der Waals surface area contributed by atoms with Gasteiger partial charge in [0.25, 0.3) is 0 Å². The van der Waals surface area contributed by atoms with Crippen LogP contribution in [0.3, 0.4) is 0 Å². The van der Waals surface area contributed by atoms with E-state index in [2.05, 4.69) is 15.2 Å². The van der Waals surface area contributed by atoms with E-state index >= 15 is 0 Å². The summed E-state index contributed by atoms with van der Waals surface area (Å²) in [5.74, 6) is -0.110. The van der Waals surface area contributed by atoms with Gasteiger partial charge in [-0.25, -0.2) is 0 Å². The highest BCUT2D eigenvalue weighted by molar-refractivity contribution is 5.45. The van der Waals surface area contributed by atoms with Crippen molar-refractivity contribution in [2.75, 3.05) is 25.0 Å². The van der Waals surface area contributed by atoms with E-state index < -0.39 is 4.92 Å². The zero-order chi connectivity index (χ0) is 12.3. The molecule has 1 aromatic heterocycles. The lowest BCUT2D eigenvalue weighted by molar-refractivity contribution is -0.389. The molecule has 0 bridgehead atoms. The first-order chi connectivity index (χ1) is 8.16. The van der Waals surface area contributed by atoms with Gasteiger partial charge in [-0.05, 0) is 35.4 Å². The Bertz CT molecular complexity index is 387. The summed E-state index contributed by atoms with van der Waals surface area (Å²) >= 11 is 0. The van der Waals surface area contributed by atoms with Crippen molar-refractivity contribution in [2.24, 2.45) is 0 Å². The molecule has 1 aromatic rings. The molecule has 0 spiro atoms. The minimum Gasteiger partial charge on any atom is -0.370 e. The first-order valence-electron chi connectivity index (χ1n) is 5.72. The number of anilines is 1. The molecule has 1 saturated heterocycles. The van der Waals surface area contributed by atoms with E-state index in [-0.39, 0.29) is 5.82 Å². The van der Waals surface area contributed by atoms with Gasteiger partial charge < -0.3 is 20.3 Å². The third-order valence-electron chi connectivity index (χ3n) is 3.02. The molecule has 92 valence electrons. The molecule has 0 aromatic carbocycles. The molecule has 1 unspecified atom stereocenters. The summed E-state index contributed by atoms with van der Waals surface area (Å²) in [6.45, 7) is 1.98. The second-order valence-electron chi connectivity index (χ2n) is 4.31. The summed E-state index contributed by atoms with van der Waals surface area (Å²) < 4.78 is 0. The first-order valence-corrected chi connectivity index (χ1v) is 5.72. The van der Waals surface area contributed by atoms with Gasteiger partial charge in [0.15, 0.2) is 6.20 Å². The molecule has 0 amide bonds. The summed E-state index contributed by atoms with van der Waals surface area (Å²) in [7, 11) is 1.98. The Balaban J connectivity index is 1.98. The quantitative estimate of drug-likeness (QED) is 0.627. The molecule has 1 N–H and O–H groups in total. The molecular weight excluding hydrogens is 220 g/mol. The van der Waals surface area contributed by atoms with E-state index in [1.807, 2.05) is 7.05 Å². The van der Waals surface area contributed by atoms with Crippen LogP contribution in [0.25, 0.3) is 0 Å². The average molecular weight is 236 g/mol. The Morgan fingerprint density at radius 3 is 3.00 bits per heavy atom. The fourth-order valence-corrected chi connectivity index (χ4v) is 2.06. The van der Waals surface area contributed by atoms with Gasteiger partial charge in [-0.1, -0.05) is 0 Å². The predicted octanol–water partition coefficient (Wildman–Crippen LogP) is 1.18. The molecule has 1 fully saturated rings. The summed E-state index contributed by atoms with van der Waals surface area (Å²) in [5, 5.41) is 13.9. The molecule has 6 heteroatoms. The zero-order valence-corrected chi connectivity index (χ0v) is 9.80. The van der Waals surface area contributed by atoms with Crippen molar-refractivity contribution in [1.29, 1.82) is 0 Å². The number of nitro groups is 1. The third kappa shape index (κ3) is 2.91. The number of likely N-dealkylation sites (N-methyl/N-ethyl adjacent to an activating group) is 1. The fraction of sp³-hybridized carbons (Fsp3) is 0.545. The lowest BCUT2D eigenvalue weighted by atomic mass is 10.2. The average Bonchev–Trinajstić information content (AvgIpc) is 2.82. The van der Waals surface area contributed by atoms with Crippen LogP contribution in [0.1, 0.15) is 12.8 Å². The van der Waals surface area contributed by atoms with Gasteiger partial charge in [-0.2, -0.15) is 0 Å². The maximum Gasteiger partial charge on any atom is 0.363 e. The smallest absolute Gasteiger partial charge is 0.363 e. The minimum atomic E-state index is -0.484. The maximum atomic E-state index is 10.5. The second-order valence-corrected chi connectivity index (χ2v) is 4.31. The van der Waals surface area contributed by atoms with Gasteiger partial charge in [0, 0.05) is 25.7 Å². The molecule has 0 aliphatic carbocycles. The predicted molar refractivity (Wildman–Crippen MR) is 65.2 cm³/mol. The van der Waals surface area contributed by atoms with Crippen LogP contribution in [0.15, 0.2) is 18.3 Å². The van der Waals surface area contributed by atoms with Crippen molar-refractivity contribution in [3.8, 4) is 0 Å². The first kappa shape index (κ1) is 11.8. The van der Waals surface area contributed by atoms with Gasteiger partial charge >= 0.3 is 5.82 Å². The molecule has 0 radical (unpaired) electrons. The Morgan fingerprint density at radius 2 is 2.47 bits per heavy atom. The van der Waals surface area contributed by atoms with Crippen LogP contribution in [-0.2, 0) is 0 Å². The van der Waals surface area contributed by atoms with Crippen molar-refractivity contribution in [2.45, 2.75) is 18.9 Å². The standard InChI is InChI=1S/C11H16N4O2/c1-14(8-9-3-2-6-12-9)10-4-5-11(13-7-10)15(16)17/h4-5,7,9,12H,2-3,6,8H2,1H3. The Kier molecular flexibility index (Phi) is 3.53. The number of pyridine rings is 1. The molecule has 2 heterocycles. The van der Waals surface area contributed by atoms with Gasteiger partial charge in [0.05, 0.1) is 5.69 Å². The van der Waals surface area contributed by atoms with Crippen LogP contribution in [0.2, 0.25) is 0 Å². The van der Waals surface area contributed by atoms with E-state index in [0.29, 0.717) is 6.04 Å². The van der Waals surface area contributed by atoms with Crippen LogP contribution in [0.5, 0.6) is 0 Å². The number of nitrogens with one attached hydrogen (secondary N) is 1. The zero-order valence-electron chi connectivity index (χ0n) is 9.80. The van der Waals surface area contributed by atoms with Crippen molar-refractivity contribution < 1.29 is 4.92 Å². The lowest BCUT2D eigenvalue weighted by Crippen LogP contribution is -2.35. The van der Waals surface area contributed by atoms with Crippen LogP contribution in [-0.4, -0.2) is 36.1 Å². The number of nitrogens with zero attached hydrogens (tertiary/aromatic N) is 3. The van der Waals surface area contributed by atoms with Crippen molar-refractivity contribution >= 4 is 11.5 Å². The summed E-state index contributed by atoms with van der Waals surface area (Å²) in [6, 6.07) is 3.68. The van der Waals surface area contributed by atoms with E-state index in [9.17, 15) is 10.1 Å². The number of rotatable bonds is 4. The molecule has 2 rings (SSSR count). The maximum absolute atomic E-state index is 10.5. The lowest BCUT2D eigenvalue weighted by Gasteiger charge is -2.21. The topological polar surface area (TPSA) is 71.3 Å². The molecule has 0 saturated carbocycles. The summed E-state index contributed by atoms with van der Waals surface area (Å²) in [4.78, 5) is 15.9. The number of aromatic nitrogens is 1. The van der Waals surface area contributed by atoms with E-state index in [1.165, 1.54) is 18.9 Å². The molecule has 1 atom stereocenters. The van der Waals surface area contributed by atoms with Crippen LogP contribution in [0.4, 0.5) is 11.5 Å². The summed E-state index contributed by atoms with van der Waals surface area (Å²) in [6.07, 6.45) is 3.95. The third-order valence-corrected chi connectivity index (χ3v) is 3.02.